The molecular weight excluding hydrogens is 457 g/mol. The molecule has 2 nitrogen and oxygen atoms in total. The summed E-state index contributed by atoms with van der Waals surface area (Å²) in [5.41, 5.74) is 0. The second-order valence-corrected chi connectivity index (χ2v) is 5.86. The summed E-state index contributed by atoms with van der Waals surface area (Å²) in [6.07, 6.45) is 16.8. The zero-order chi connectivity index (χ0) is 14.9. The van der Waals surface area contributed by atoms with Gasteiger partial charge in [0.2, 0.25) is 0 Å². The van der Waals surface area contributed by atoms with Crippen molar-refractivity contribution in [3.63, 3.8) is 0 Å². The Labute approximate surface area is 151 Å². The molecule has 0 fully saturated rings. The van der Waals surface area contributed by atoms with Crippen LogP contribution in [0.5, 0.6) is 0 Å². The summed E-state index contributed by atoms with van der Waals surface area (Å²) < 4.78 is 5.25. The van der Waals surface area contributed by atoms with Gasteiger partial charge in [-0.05, 0) is 12.8 Å². The van der Waals surface area contributed by atoms with Crippen LogP contribution < -0.4 is 0 Å². The van der Waals surface area contributed by atoms with E-state index >= 15 is 0 Å². The van der Waals surface area contributed by atoms with Crippen molar-refractivity contribution >= 4 is 32.2 Å². The first kappa shape index (κ1) is 23.6. The third kappa shape index (κ3) is 20.4. The Morgan fingerprint density at radius 1 is 0.667 bits per heavy atom. The van der Waals surface area contributed by atoms with Crippen LogP contribution in [0.4, 0.5) is 0 Å². The molecule has 0 amide bonds. The van der Waals surface area contributed by atoms with E-state index in [9.17, 15) is 4.79 Å². The van der Waals surface area contributed by atoms with Crippen molar-refractivity contribution in [1.82, 2.24) is 0 Å². The fraction of sp³-hybridized carbons (Fsp3) is 0.944. The SMILES string of the molecule is CCCCCCCCCC(=O)OCCCCCCCC.[Bi]. The monoisotopic (exact) mass is 493 g/mol. The van der Waals surface area contributed by atoms with E-state index in [2.05, 4.69) is 13.8 Å². The molecule has 0 aromatic carbocycles. The predicted molar refractivity (Wildman–Crippen MR) is 92.7 cm³/mol. The van der Waals surface area contributed by atoms with Gasteiger partial charge in [-0.1, -0.05) is 84.5 Å². The Morgan fingerprint density at radius 2 is 1.10 bits per heavy atom. The summed E-state index contributed by atoms with van der Waals surface area (Å²) in [6, 6.07) is 0. The van der Waals surface area contributed by atoms with Crippen molar-refractivity contribution in [2.45, 2.75) is 104 Å². The van der Waals surface area contributed by atoms with Gasteiger partial charge in [-0.3, -0.25) is 4.79 Å². The van der Waals surface area contributed by atoms with Gasteiger partial charge in [-0.25, -0.2) is 0 Å². The van der Waals surface area contributed by atoms with Gasteiger partial charge in [0, 0.05) is 32.6 Å². The molecule has 0 bridgehead atoms. The van der Waals surface area contributed by atoms with E-state index in [0.29, 0.717) is 13.0 Å². The van der Waals surface area contributed by atoms with Crippen LogP contribution in [0.1, 0.15) is 104 Å². The zero-order valence-corrected chi connectivity index (χ0v) is 17.8. The zero-order valence-electron chi connectivity index (χ0n) is 14.4. The molecule has 0 unspecified atom stereocenters. The first-order valence-corrected chi connectivity index (χ1v) is 8.96. The van der Waals surface area contributed by atoms with Crippen LogP contribution in [0.25, 0.3) is 0 Å². The Morgan fingerprint density at radius 3 is 1.62 bits per heavy atom. The summed E-state index contributed by atoms with van der Waals surface area (Å²) in [4.78, 5) is 11.5. The predicted octanol–water partition coefficient (Wildman–Crippen LogP) is 5.65. The maximum Gasteiger partial charge on any atom is 0.305 e. The van der Waals surface area contributed by atoms with E-state index in [1.54, 1.807) is 0 Å². The molecule has 0 aromatic rings. The number of hydrogen-bond donors (Lipinski definition) is 0. The van der Waals surface area contributed by atoms with Crippen molar-refractivity contribution in [2.24, 2.45) is 0 Å². The average Bonchev–Trinajstić information content (AvgIpc) is 2.45. The molecule has 0 atom stereocenters. The fourth-order valence-electron chi connectivity index (χ4n) is 2.37. The average molecular weight is 493 g/mol. The molecule has 0 aliphatic rings. The Kier molecular flexibility index (Phi) is 22.9. The molecule has 3 heteroatoms. The third-order valence-electron chi connectivity index (χ3n) is 3.75. The topological polar surface area (TPSA) is 26.3 Å². The van der Waals surface area contributed by atoms with Crippen molar-refractivity contribution in [2.75, 3.05) is 6.61 Å². The number of rotatable bonds is 15. The standard InChI is InChI=1S/C18H36O2.Bi/c1-3-5-7-9-11-12-14-16-18(19)20-17-15-13-10-8-6-4-2;/h3-17H2,1-2H3;. The fourth-order valence-corrected chi connectivity index (χ4v) is 2.37. The minimum Gasteiger partial charge on any atom is -0.466 e. The Bertz CT molecular complexity index is 187. The van der Waals surface area contributed by atoms with Gasteiger partial charge in [0.1, 0.15) is 0 Å². The van der Waals surface area contributed by atoms with E-state index in [1.807, 2.05) is 0 Å². The van der Waals surface area contributed by atoms with Gasteiger partial charge in [0.25, 0.3) is 0 Å². The van der Waals surface area contributed by atoms with Crippen molar-refractivity contribution in [3.8, 4) is 0 Å². The van der Waals surface area contributed by atoms with Crippen LogP contribution in [-0.4, -0.2) is 38.8 Å². The normalized spacial score (nSPS) is 10.2. The summed E-state index contributed by atoms with van der Waals surface area (Å²) in [5.74, 6) is 0.00659. The van der Waals surface area contributed by atoms with Gasteiger partial charge in [0.05, 0.1) is 6.61 Å². The largest absolute Gasteiger partial charge is 0.466 e. The molecule has 0 saturated heterocycles. The van der Waals surface area contributed by atoms with E-state index < -0.39 is 0 Å². The maximum atomic E-state index is 11.5. The minimum atomic E-state index is 0. The second kappa shape index (κ2) is 20.4. The molecule has 21 heavy (non-hydrogen) atoms. The number of ether oxygens (including phenoxy) is 1. The van der Waals surface area contributed by atoms with Crippen LogP contribution in [0.2, 0.25) is 0 Å². The number of hydrogen-bond acceptors (Lipinski definition) is 2. The number of unbranched alkanes of at least 4 members (excludes halogenated alkanes) is 11. The third-order valence-corrected chi connectivity index (χ3v) is 3.75. The maximum absolute atomic E-state index is 11.5. The molecule has 0 aliphatic heterocycles. The molecule has 3 radical (unpaired) electrons. The summed E-state index contributed by atoms with van der Waals surface area (Å²) in [7, 11) is 0. The Balaban J connectivity index is 0. The summed E-state index contributed by atoms with van der Waals surface area (Å²) in [6.45, 7) is 5.09. The second-order valence-electron chi connectivity index (χ2n) is 5.86. The van der Waals surface area contributed by atoms with Gasteiger partial charge in [-0.15, -0.1) is 0 Å². The molecule has 0 rings (SSSR count). The number of carbonyl (C=O) groups excluding carboxylic acids is 1. The first-order chi connectivity index (χ1) is 9.81. The van der Waals surface area contributed by atoms with Gasteiger partial charge in [0.15, 0.2) is 0 Å². The van der Waals surface area contributed by atoms with E-state index in [1.165, 1.54) is 70.6 Å². The molecule has 125 valence electrons. The van der Waals surface area contributed by atoms with Gasteiger partial charge < -0.3 is 4.74 Å². The van der Waals surface area contributed by atoms with Gasteiger partial charge >= 0.3 is 5.97 Å². The van der Waals surface area contributed by atoms with E-state index in [-0.39, 0.29) is 32.2 Å². The molecule has 0 heterocycles. The minimum absolute atomic E-state index is 0. The van der Waals surface area contributed by atoms with Crippen molar-refractivity contribution in [3.05, 3.63) is 0 Å². The van der Waals surface area contributed by atoms with E-state index in [4.69, 9.17) is 4.74 Å². The molecule has 0 aromatic heterocycles. The molecule has 0 spiro atoms. The van der Waals surface area contributed by atoms with Gasteiger partial charge in [-0.2, -0.15) is 0 Å². The molecule has 0 N–H and O–H groups in total. The molecule has 0 aliphatic carbocycles. The van der Waals surface area contributed by atoms with E-state index in [0.717, 1.165) is 12.8 Å². The first-order valence-electron chi connectivity index (χ1n) is 8.96. The Hall–Kier alpha value is 0.353. The summed E-state index contributed by atoms with van der Waals surface area (Å²) in [5, 5.41) is 0. The van der Waals surface area contributed by atoms with Crippen LogP contribution >= 0.6 is 0 Å². The number of carbonyl (C=O) groups is 1. The van der Waals surface area contributed by atoms with Crippen LogP contribution in [-0.2, 0) is 9.53 Å². The summed E-state index contributed by atoms with van der Waals surface area (Å²) >= 11 is 0. The van der Waals surface area contributed by atoms with Crippen LogP contribution in [0.3, 0.4) is 0 Å². The smallest absolute Gasteiger partial charge is 0.305 e. The van der Waals surface area contributed by atoms with Crippen molar-refractivity contribution < 1.29 is 9.53 Å². The van der Waals surface area contributed by atoms with Crippen molar-refractivity contribution in [1.29, 1.82) is 0 Å². The van der Waals surface area contributed by atoms with Crippen LogP contribution in [0, 0.1) is 0 Å². The molecule has 0 saturated carbocycles. The van der Waals surface area contributed by atoms with Crippen LogP contribution in [0.15, 0.2) is 0 Å². The molecular formula is C18H36BiO2. The quantitative estimate of drug-likeness (QED) is 0.167. The number of esters is 1.